The zero-order valence-electron chi connectivity index (χ0n) is 13.5. The SMILES string of the molecule is COCCNC(=O)NCC(c1cccs1)N1CCC(C)CC1. The zero-order chi connectivity index (χ0) is 15.8. The van der Waals surface area contributed by atoms with Crippen LogP contribution in [-0.4, -0.2) is 50.8 Å². The summed E-state index contributed by atoms with van der Waals surface area (Å²) in [5.41, 5.74) is 0. The summed E-state index contributed by atoms with van der Waals surface area (Å²) in [6.07, 6.45) is 2.48. The average molecular weight is 325 g/mol. The van der Waals surface area contributed by atoms with Gasteiger partial charge in [-0.2, -0.15) is 0 Å². The van der Waals surface area contributed by atoms with Crippen LogP contribution in [0.3, 0.4) is 0 Å². The van der Waals surface area contributed by atoms with E-state index in [0.29, 0.717) is 19.7 Å². The molecular formula is C16H27N3O2S. The lowest BCUT2D eigenvalue weighted by Crippen LogP contribution is -2.44. The van der Waals surface area contributed by atoms with E-state index in [9.17, 15) is 4.79 Å². The van der Waals surface area contributed by atoms with Crippen molar-refractivity contribution in [3.63, 3.8) is 0 Å². The summed E-state index contributed by atoms with van der Waals surface area (Å²) in [5.74, 6) is 0.811. The lowest BCUT2D eigenvalue weighted by atomic mass is 9.97. The number of amides is 2. The summed E-state index contributed by atoms with van der Waals surface area (Å²) in [6, 6.07) is 4.40. The molecule has 0 spiro atoms. The van der Waals surface area contributed by atoms with Crippen LogP contribution in [0.4, 0.5) is 4.79 Å². The molecule has 0 aliphatic carbocycles. The first-order valence-corrected chi connectivity index (χ1v) is 8.86. The summed E-state index contributed by atoms with van der Waals surface area (Å²) < 4.78 is 4.93. The van der Waals surface area contributed by atoms with Crippen LogP contribution in [0.5, 0.6) is 0 Å². The Labute approximate surface area is 137 Å². The number of carbonyl (C=O) groups excluding carboxylic acids is 1. The van der Waals surface area contributed by atoms with Crippen LogP contribution in [0, 0.1) is 5.92 Å². The topological polar surface area (TPSA) is 53.6 Å². The number of thiophene rings is 1. The number of hydrogen-bond acceptors (Lipinski definition) is 4. The van der Waals surface area contributed by atoms with E-state index in [0.717, 1.165) is 19.0 Å². The maximum atomic E-state index is 11.8. The van der Waals surface area contributed by atoms with Crippen LogP contribution < -0.4 is 10.6 Å². The summed E-state index contributed by atoms with van der Waals surface area (Å²) >= 11 is 1.77. The van der Waals surface area contributed by atoms with E-state index in [1.807, 2.05) is 0 Å². The van der Waals surface area contributed by atoms with Crippen LogP contribution in [0.15, 0.2) is 17.5 Å². The van der Waals surface area contributed by atoms with E-state index in [-0.39, 0.29) is 12.1 Å². The van der Waals surface area contributed by atoms with E-state index < -0.39 is 0 Å². The van der Waals surface area contributed by atoms with Crippen molar-refractivity contribution in [1.82, 2.24) is 15.5 Å². The van der Waals surface area contributed by atoms with Gasteiger partial charge in [-0.1, -0.05) is 13.0 Å². The number of nitrogens with zero attached hydrogens (tertiary/aromatic N) is 1. The molecule has 1 aromatic rings. The Morgan fingerprint density at radius 2 is 2.23 bits per heavy atom. The summed E-state index contributed by atoms with van der Waals surface area (Å²) in [7, 11) is 1.63. The minimum absolute atomic E-state index is 0.121. The van der Waals surface area contributed by atoms with Crippen LogP contribution in [0.1, 0.15) is 30.7 Å². The highest BCUT2D eigenvalue weighted by atomic mass is 32.1. The predicted octanol–water partition coefficient (Wildman–Crippen LogP) is 2.47. The molecule has 2 N–H and O–H groups in total. The van der Waals surface area contributed by atoms with E-state index in [2.05, 4.69) is 40.0 Å². The maximum absolute atomic E-state index is 11.8. The molecule has 0 saturated carbocycles. The van der Waals surface area contributed by atoms with Crippen molar-refractivity contribution in [2.45, 2.75) is 25.8 Å². The van der Waals surface area contributed by atoms with Gasteiger partial charge in [0, 0.05) is 25.1 Å². The second kappa shape index (κ2) is 9.12. The normalized spacial score (nSPS) is 18.1. The van der Waals surface area contributed by atoms with Crippen LogP contribution >= 0.6 is 11.3 Å². The van der Waals surface area contributed by atoms with Gasteiger partial charge < -0.3 is 15.4 Å². The molecule has 1 saturated heterocycles. The molecule has 6 heteroatoms. The van der Waals surface area contributed by atoms with Crippen LogP contribution in [0.2, 0.25) is 0 Å². The standard InChI is InChI=1S/C16H27N3O2S/c1-13-5-8-19(9-6-13)14(15-4-3-11-22-15)12-18-16(20)17-7-10-21-2/h3-4,11,13-14H,5-10,12H2,1-2H3,(H2,17,18,20). The van der Waals surface area contributed by atoms with Gasteiger partial charge in [0.1, 0.15) is 0 Å². The van der Waals surface area contributed by atoms with Crippen molar-refractivity contribution in [1.29, 1.82) is 0 Å². The van der Waals surface area contributed by atoms with E-state index in [1.54, 1.807) is 18.4 Å². The van der Waals surface area contributed by atoms with Gasteiger partial charge in [-0.3, -0.25) is 4.90 Å². The third-order valence-corrected chi connectivity index (χ3v) is 5.15. The molecule has 1 aromatic heterocycles. The molecule has 1 aliphatic rings. The lowest BCUT2D eigenvalue weighted by molar-refractivity contribution is 0.137. The number of carbonyl (C=O) groups is 1. The molecule has 1 aliphatic heterocycles. The number of hydrogen-bond donors (Lipinski definition) is 2. The minimum atomic E-state index is -0.121. The first kappa shape index (κ1) is 17.2. The molecule has 124 valence electrons. The summed E-state index contributed by atoms with van der Waals surface area (Å²) in [4.78, 5) is 15.7. The molecule has 1 unspecified atom stereocenters. The predicted molar refractivity (Wildman–Crippen MR) is 90.3 cm³/mol. The molecule has 2 heterocycles. The molecule has 0 bridgehead atoms. The fourth-order valence-corrected chi connectivity index (χ4v) is 3.61. The van der Waals surface area contributed by atoms with Gasteiger partial charge in [0.2, 0.25) is 0 Å². The Kier molecular flexibility index (Phi) is 7.15. The Morgan fingerprint density at radius 1 is 1.45 bits per heavy atom. The molecule has 1 atom stereocenters. The average Bonchev–Trinajstić information content (AvgIpc) is 3.04. The van der Waals surface area contributed by atoms with Gasteiger partial charge >= 0.3 is 6.03 Å². The highest BCUT2D eigenvalue weighted by Crippen LogP contribution is 2.28. The first-order chi connectivity index (χ1) is 10.7. The number of urea groups is 1. The molecule has 2 amide bonds. The number of rotatable bonds is 7. The minimum Gasteiger partial charge on any atom is -0.383 e. The van der Waals surface area contributed by atoms with Crippen molar-refractivity contribution in [3.8, 4) is 0 Å². The van der Waals surface area contributed by atoms with Crippen molar-refractivity contribution in [2.24, 2.45) is 5.92 Å². The lowest BCUT2D eigenvalue weighted by Gasteiger charge is -2.36. The monoisotopic (exact) mass is 325 g/mol. The number of nitrogens with one attached hydrogen (secondary N) is 2. The van der Waals surface area contributed by atoms with Crippen molar-refractivity contribution < 1.29 is 9.53 Å². The van der Waals surface area contributed by atoms with Gasteiger partial charge in [-0.25, -0.2) is 4.79 Å². The van der Waals surface area contributed by atoms with Crippen molar-refractivity contribution in [3.05, 3.63) is 22.4 Å². The van der Waals surface area contributed by atoms with Gasteiger partial charge in [0.05, 0.1) is 12.6 Å². The Balaban J connectivity index is 1.87. The van der Waals surface area contributed by atoms with Crippen molar-refractivity contribution >= 4 is 17.4 Å². The number of likely N-dealkylation sites (tertiary alicyclic amines) is 1. The first-order valence-electron chi connectivity index (χ1n) is 7.98. The third kappa shape index (κ3) is 5.26. The van der Waals surface area contributed by atoms with Crippen LogP contribution in [-0.2, 0) is 4.74 Å². The largest absolute Gasteiger partial charge is 0.383 e. The molecule has 5 nitrogen and oxygen atoms in total. The van der Waals surface area contributed by atoms with E-state index in [4.69, 9.17) is 4.74 Å². The van der Waals surface area contributed by atoms with E-state index in [1.165, 1.54) is 17.7 Å². The molecule has 22 heavy (non-hydrogen) atoms. The van der Waals surface area contributed by atoms with Gasteiger partial charge in [-0.15, -0.1) is 11.3 Å². The second-order valence-corrected chi connectivity index (χ2v) is 6.86. The number of ether oxygens (including phenoxy) is 1. The smallest absolute Gasteiger partial charge is 0.314 e. The maximum Gasteiger partial charge on any atom is 0.314 e. The Hall–Kier alpha value is -1.11. The molecule has 1 fully saturated rings. The number of methoxy groups -OCH3 is 1. The Morgan fingerprint density at radius 3 is 2.86 bits per heavy atom. The van der Waals surface area contributed by atoms with E-state index >= 15 is 0 Å². The molecular weight excluding hydrogens is 298 g/mol. The fraction of sp³-hybridized carbons (Fsp3) is 0.688. The third-order valence-electron chi connectivity index (χ3n) is 4.18. The quantitative estimate of drug-likeness (QED) is 0.757. The zero-order valence-corrected chi connectivity index (χ0v) is 14.3. The summed E-state index contributed by atoms with van der Waals surface area (Å²) in [6.45, 7) is 6.25. The van der Waals surface area contributed by atoms with Gasteiger partial charge in [-0.05, 0) is 43.3 Å². The highest BCUT2D eigenvalue weighted by molar-refractivity contribution is 7.10. The molecule has 0 aromatic carbocycles. The molecule has 2 rings (SSSR count). The highest BCUT2D eigenvalue weighted by Gasteiger charge is 2.25. The Bertz CT molecular complexity index is 431. The van der Waals surface area contributed by atoms with Crippen LogP contribution in [0.25, 0.3) is 0 Å². The fourth-order valence-electron chi connectivity index (χ4n) is 2.75. The summed E-state index contributed by atoms with van der Waals surface area (Å²) in [5, 5.41) is 7.91. The molecule has 0 radical (unpaired) electrons. The van der Waals surface area contributed by atoms with Crippen molar-refractivity contribution in [2.75, 3.05) is 39.9 Å². The van der Waals surface area contributed by atoms with Gasteiger partial charge in [0.25, 0.3) is 0 Å². The number of piperidine rings is 1. The second-order valence-electron chi connectivity index (χ2n) is 5.88. The van der Waals surface area contributed by atoms with Gasteiger partial charge in [0.15, 0.2) is 0 Å².